The van der Waals surface area contributed by atoms with Crippen LogP contribution in [0.4, 0.5) is 0 Å². The van der Waals surface area contributed by atoms with Crippen molar-refractivity contribution in [2.24, 2.45) is 5.73 Å². The number of aromatic amines is 1. The van der Waals surface area contributed by atoms with Crippen LogP contribution in [0.1, 0.15) is 26.0 Å². The highest BCUT2D eigenvalue weighted by Gasteiger charge is 2.28. The number of para-hydroxylation sites is 1. The average molecular weight is 435 g/mol. The van der Waals surface area contributed by atoms with Gasteiger partial charge in [0.2, 0.25) is 5.91 Å². The highest BCUT2D eigenvalue weighted by Crippen LogP contribution is 2.24. The minimum Gasteiger partial charge on any atom is -0.477 e. The van der Waals surface area contributed by atoms with Gasteiger partial charge in [0.1, 0.15) is 17.4 Å². The molecule has 0 aliphatic rings. The molecule has 0 aliphatic heterocycles. The maximum atomic E-state index is 13.2. The summed E-state index contributed by atoms with van der Waals surface area (Å²) in [5, 5.41) is 10.2. The van der Waals surface area contributed by atoms with Crippen LogP contribution in [-0.2, 0) is 11.3 Å². The maximum Gasteiger partial charge on any atom is 0.354 e. The van der Waals surface area contributed by atoms with Crippen LogP contribution in [0.3, 0.4) is 0 Å². The standard InChI is InChI=1S/C21H17N5O4S/c22-15(27)10-26(11-16-23-13-8-4-5-9-14(13)31-16)20(28)17-18(21(29)30)25-19(24-17)12-6-2-1-3-7-12/h1-9H,10-11H2,(H2,22,27)(H,24,25)(H,29,30). The quantitative estimate of drug-likeness (QED) is 0.407. The molecule has 2 aromatic carbocycles. The lowest BCUT2D eigenvalue weighted by Crippen LogP contribution is -2.38. The molecule has 0 aliphatic carbocycles. The van der Waals surface area contributed by atoms with Gasteiger partial charge in [0.05, 0.1) is 16.8 Å². The van der Waals surface area contributed by atoms with Crippen molar-refractivity contribution in [2.45, 2.75) is 6.54 Å². The van der Waals surface area contributed by atoms with Crippen LogP contribution in [0.5, 0.6) is 0 Å². The molecule has 4 aromatic rings. The lowest BCUT2D eigenvalue weighted by molar-refractivity contribution is -0.118. The second-order valence-corrected chi connectivity index (χ2v) is 7.80. The molecule has 0 radical (unpaired) electrons. The van der Waals surface area contributed by atoms with Gasteiger partial charge in [-0.3, -0.25) is 9.59 Å². The predicted molar refractivity (Wildman–Crippen MR) is 115 cm³/mol. The number of thiazole rings is 1. The third kappa shape index (κ3) is 4.28. The predicted octanol–water partition coefficient (Wildman–Crippen LogP) is 2.51. The van der Waals surface area contributed by atoms with Gasteiger partial charge in [-0.05, 0) is 12.1 Å². The fourth-order valence-electron chi connectivity index (χ4n) is 3.10. The number of primary amides is 1. The van der Waals surface area contributed by atoms with E-state index in [0.29, 0.717) is 10.6 Å². The van der Waals surface area contributed by atoms with Gasteiger partial charge in [0, 0.05) is 5.56 Å². The number of aromatic carboxylic acids is 1. The number of rotatable bonds is 7. The van der Waals surface area contributed by atoms with Crippen molar-refractivity contribution in [3.05, 3.63) is 71.0 Å². The zero-order valence-electron chi connectivity index (χ0n) is 16.1. The largest absolute Gasteiger partial charge is 0.477 e. The summed E-state index contributed by atoms with van der Waals surface area (Å²) in [7, 11) is 0. The smallest absolute Gasteiger partial charge is 0.354 e. The molecule has 156 valence electrons. The Labute approximate surface area is 180 Å². The van der Waals surface area contributed by atoms with Gasteiger partial charge in [-0.25, -0.2) is 14.8 Å². The third-order valence-corrected chi connectivity index (χ3v) is 5.49. The first-order valence-electron chi connectivity index (χ1n) is 9.23. The number of carbonyl (C=O) groups is 3. The Morgan fingerprint density at radius 1 is 1.03 bits per heavy atom. The van der Waals surface area contributed by atoms with Crippen molar-refractivity contribution < 1.29 is 19.5 Å². The molecule has 4 N–H and O–H groups in total. The van der Waals surface area contributed by atoms with Gasteiger partial charge in [0.15, 0.2) is 11.4 Å². The second kappa shape index (κ2) is 8.36. The summed E-state index contributed by atoms with van der Waals surface area (Å²) in [5.74, 6) is -2.56. The number of hydrogen-bond donors (Lipinski definition) is 3. The number of hydrogen-bond acceptors (Lipinski definition) is 6. The van der Waals surface area contributed by atoms with E-state index in [1.807, 2.05) is 30.3 Å². The Balaban J connectivity index is 1.70. The van der Waals surface area contributed by atoms with Crippen LogP contribution in [-0.4, -0.2) is 49.3 Å². The topological polar surface area (TPSA) is 142 Å². The van der Waals surface area contributed by atoms with Crippen molar-refractivity contribution in [1.82, 2.24) is 19.9 Å². The second-order valence-electron chi connectivity index (χ2n) is 6.68. The van der Waals surface area contributed by atoms with E-state index >= 15 is 0 Å². The third-order valence-electron chi connectivity index (χ3n) is 4.47. The molecule has 2 amide bonds. The number of carboxylic acid groups (broad SMARTS) is 1. The fourth-order valence-corrected chi connectivity index (χ4v) is 4.09. The molecule has 0 saturated carbocycles. The molecule has 0 spiro atoms. The number of carbonyl (C=O) groups excluding carboxylic acids is 2. The number of carboxylic acids is 1. The zero-order valence-corrected chi connectivity index (χ0v) is 16.9. The molecule has 0 unspecified atom stereocenters. The van der Waals surface area contributed by atoms with Crippen molar-refractivity contribution in [2.75, 3.05) is 6.54 Å². The number of H-pyrrole nitrogens is 1. The minimum atomic E-state index is -1.34. The summed E-state index contributed by atoms with van der Waals surface area (Å²) in [5.41, 5.74) is 6.07. The van der Waals surface area contributed by atoms with Crippen LogP contribution in [0.2, 0.25) is 0 Å². The molecule has 4 rings (SSSR count). The number of nitrogens with one attached hydrogen (secondary N) is 1. The Morgan fingerprint density at radius 3 is 2.42 bits per heavy atom. The molecule has 2 heterocycles. The molecule has 10 heteroatoms. The van der Waals surface area contributed by atoms with E-state index in [4.69, 9.17) is 5.73 Å². The Morgan fingerprint density at radius 2 is 1.74 bits per heavy atom. The molecule has 9 nitrogen and oxygen atoms in total. The monoisotopic (exact) mass is 435 g/mol. The van der Waals surface area contributed by atoms with Crippen LogP contribution in [0.15, 0.2) is 54.6 Å². The average Bonchev–Trinajstić information content (AvgIpc) is 3.37. The molecule has 0 atom stereocenters. The number of amides is 2. The summed E-state index contributed by atoms with van der Waals surface area (Å²) in [4.78, 5) is 49.1. The van der Waals surface area contributed by atoms with Crippen molar-refractivity contribution in [3.63, 3.8) is 0 Å². The number of fused-ring (bicyclic) bond motifs is 1. The van der Waals surface area contributed by atoms with E-state index in [1.165, 1.54) is 11.3 Å². The first-order chi connectivity index (χ1) is 14.9. The summed E-state index contributed by atoms with van der Waals surface area (Å²) in [6.45, 7) is -0.408. The van der Waals surface area contributed by atoms with Crippen LogP contribution >= 0.6 is 11.3 Å². The summed E-state index contributed by atoms with van der Waals surface area (Å²) >= 11 is 1.38. The minimum absolute atomic E-state index is 0.00624. The van der Waals surface area contributed by atoms with Gasteiger partial charge >= 0.3 is 5.97 Å². The van der Waals surface area contributed by atoms with E-state index in [2.05, 4.69) is 15.0 Å². The van der Waals surface area contributed by atoms with Crippen molar-refractivity contribution in [1.29, 1.82) is 0 Å². The number of nitrogens with zero attached hydrogens (tertiary/aromatic N) is 3. The van der Waals surface area contributed by atoms with Crippen LogP contribution in [0.25, 0.3) is 21.6 Å². The Kier molecular flexibility index (Phi) is 5.46. The normalized spacial score (nSPS) is 10.8. The first-order valence-corrected chi connectivity index (χ1v) is 10.0. The van der Waals surface area contributed by atoms with Crippen molar-refractivity contribution in [3.8, 4) is 11.4 Å². The zero-order chi connectivity index (χ0) is 22.0. The van der Waals surface area contributed by atoms with Gasteiger partial charge < -0.3 is 20.7 Å². The molecule has 31 heavy (non-hydrogen) atoms. The molecular weight excluding hydrogens is 418 g/mol. The molecule has 0 bridgehead atoms. The lowest BCUT2D eigenvalue weighted by atomic mass is 10.2. The van der Waals surface area contributed by atoms with Crippen molar-refractivity contribution >= 4 is 39.3 Å². The van der Waals surface area contributed by atoms with Gasteiger partial charge in [0.25, 0.3) is 5.91 Å². The van der Waals surface area contributed by atoms with Gasteiger partial charge in [-0.15, -0.1) is 11.3 Å². The fraction of sp³-hybridized carbons (Fsp3) is 0.0952. The van der Waals surface area contributed by atoms with Crippen LogP contribution in [0, 0.1) is 0 Å². The van der Waals surface area contributed by atoms with E-state index < -0.39 is 24.3 Å². The summed E-state index contributed by atoms with van der Waals surface area (Å²) < 4.78 is 0.932. The van der Waals surface area contributed by atoms with Gasteiger partial charge in [-0.2, -0.15) is 0 Å². The van der Waals surface area contributed by atoms with Gasteiger partial charge in [-0.1, -0.05) is 42.5 Å². The first kappa shape index (κ1) is 20.2. The van der Waals surface area contributed by atoms with E-state index in [0.717, 1.165) is 15.1 Å². The lowest BCUT2D eigenvalue weighted by Gasteiger charge is -2.19. The Hall–Kier alpha value is -4.05. The molecule has 2 aromatic heterocycles. The SMILES string of the molecule is NC(=O)CN(Cc1nc2ccccc2s1)C(=O)c1nc(-c2ccccc2)[nH]c1C(=O)O. The molecular formula is C21H17N5O4S. The number of aromatic nitrogens is 3. The highest BCUT2D eigenvalue weighted by molar-refractivity contribution is 7.18. The van der Waals surface area contributed by atoms with Crippen LogP contribution < -0.4 is 5.73 Å². The maximum absolute atomic E-state index is 13.2. The molecule has 0 fully saturated rings. The summed E-state index contributed by atoms with van der Waals surface area (Å²) in [6.07, 6.45) is 0. The number of benzene rings is 2. The Bertz CT molecular complexity index is 1250. The molecule has 0 saturated heterocycles. The number of imidazole rings is 1. The van der Waals surface area contributed by atoms with E-state index in [1.54, 1.807) is 24.3 Å². The van der Waals surface area contributed by atoms with E-state index in [9.17, 15) is 19.5 Å². The highest BCUT2D eigenvalue weighted by atomic mass is 32.1. The van der Waals surface area contributed by atoms with E-state index in [-0.39, 0.29) is 23.8 Å². The number of nitrogens with two attached hydrogens (primary N) is 1. The summed E-state index contributed by atoms with van der Waals surface area (Å²) in [6, 6.07) is 16.3.